The molecule has 0 radical (unpaired) electrons. The van der Waals surface area contributed by atoms with Crippen molar-refractivity contribution < 1.29 is 9.47 Å². The number of halogens is 1. The second-order valence-electron chi connectivity index (χ2n) is 5.00. The molecule has 1 aromatic rings. The number of rotatable bonds is 9. The summed E-state index contributed by atoms with van der Waals surface area (Å²) in [5.74, 6) is 1.51. The van der Waals surface area contributed by atoms with Crippen molar-refractivity contribution >= 4 is 27.7 Å². The molecule has 0 aromatic heterocycles. The summed E-state index contributed by atoms with van der Waals surface area (Å²) in [5.41, 5.74) is 1.18. The molecule has 0 fully saturated rings. The standard InChI is InChI=1S/C16H26BrNO2S/c1-6-16(7-2,21-5)11-18-10-12-8-14(19-3)15(20-4)9-13(12)17/h8-9,18H,6-7,10-11H2,1-5H3. The van der Waals surface area contributed by atoms with Crippen LogP contribution in [0.25, 0.3) is 0 Å². The quantitative estimate of drug-likeness (QED) is 0.689. The molecule has 0 aliphatic heterocycles. The van der Waals surface area contributed by atoms with Gasteiger partial charge in [0.05, 0.1) is 14.2 Å². The van der Waals surface area contributed by atoms with E-state index in [0.29, 0.717) is 4.75 Å². The van der Waals surface area contributed by atoms with Gasteiger partial charge in [-0.05, 0) is 36.8 Å². The monoisotopic (exact) mass is 375 g/mol. The maximum Gasteiger partial charge on any atom is 0.161 e. The number of ether oxygens (including phenoxy) is 2. The van der Waals surface area contributed by atoms with Crippen LogP contribution in [0.2, 0.25) is 0 Å². The van der Waals surface area contributed by atoms with Crippen LogP contribution in [-0.4, -0.2) is 31.8 Å². The molecule has 0 heterocycles. The van der Waals surface area contributed by atoms with Gasteiger partial charge in [-0.25, -0.2) is 0 Å². The molecule has 1 rings (SSSR count). The third-order valence-corrected chi connectivity index (χ3v) is 6.36. The summed E-state index contributed by atoms with van der Waals surface area (Å²) in [6.07, 6.45) is 4.54. The van der Waals surface area contributed by atoms with E-state index in [0.717, 1.165) is 29.1 Å². The molecular weight excluding hydrogens is 350 g/mol. The fourth-order valence-corrected chi connectivity index (χ4v) is 3.60. The van der Waals surface area contributed by atoms with Crippen molar-refractivity contribution in [3.63, 3.8) is 0 Å². The van der Waals surface area contributed by atoms with E-state index in [1.165, 1.54) is 18.4 Å². The Balaban J connectivity index is 2.76. The van der Waals surface area contributed by atoms with E-state index in [-0.39, 0.29) is 0 Å². The van der Waals surface area contributed by atoms with Crippen molar-refractivity contribution in [3.8, 4) is 11.5 Å². The molecule has 0 aliphatic rings. The molecule has 0 bridgehead atoms. The Bertz CT molecular complexity index is 442. The number of thioether (sulfide) groups is 1. The minimum Gasteiger partial charge on any atom is -0.493 e. The van der Waals surface area contributed by atoms with Crippen LogP contribution in [0, 0.1) is 0 Å². The van der Waals surface area contributed by atoms with Crippen molar-refractivity contribution in [1.82, 2.24) is 5.32 Å². The number of nitrogens with one attached hydrogen (secondary N) is 1. The molecule has 0 saturated carbocycles. The zero-order valence-electron chi connectivity index (χ0n) is 13.6. The maximum atomic E-state index is 5.36. The van der Waals surface area contributed by atoms with Crippen molar-refractivity contribution in [2.75, 3.05) is 27.0 Å². The Morgan fingerprint density at radius 1 is 1.14 bits per heavy atom. The molecule has 5 heteroatoms. The van der Waals surface area contributed by atoms with E-state index in [1.807, 2.05) is 23.9 Å². The van der Waals surface area contributed by atoms with Gasteiger partial charge in [0, 0.05) is 22.3 Å². The normalized spacial score (nSPS) is 11.5. The second kappa shape index (κ2) is 8.91. The van der Waals surface area contributed by atoms with Gasteiger partial charge in [-0.3, -0.25) is 0 Å². The van der Waals surface area contributed by atoms with Crippen LogP contribution >= 0.6 is 27.7 Å². The van der Waals surface area contributed by atoms with Crippen molar-refractivity contribution in [1.29, 1.82) is 0 Å². The molecule has 3 nitrogen and oxygen atoms in total. The lowest BCUT2D eigenvalue weighted by Gasteiger charge is -2.30. The minimum atomic E-state index is 0.322. The molecule has 1 aromatic carbocycles. The van der Waals surface area contributed by atoms with Crippen LogP contribution in [-0.2, 0) is 6.54 Å². The summed E-state index contributed by atoms with van der Waals surface area (Å²) in [4.78, 5) is 0. The molecule has 0 spiro atoms. The number of hydrogen-bond acceptors (Lipinski definition) is 4. The lowest BCUT2D eigenvalue weighted by molar-refractivity contribution is 0.354. The molecule has 0 saturated heterocycles. The van der Waals surface area contributed by atoms with Gasteiger partial charge >= 0.3 is 0 Å². The van der Waals surface area contributed by atoms with Gasteiger partial charge in [0.2, 0.25) is 0 Å². The van der Waals surface area contributed by atoms with Gasteiger partial charge in [-0.15, -0.1) is 0 Å². The minimum absolute atomic E-state index is 0.322. The van der Waals surface area contributed by atoms with Crippen LogP contribution in [0.3, 0.4) is 0 Å². The first-order valence-electron chi connectivity index (χ1n) is 7.22. The lowest BCUT2D eigenvalue weighted by Crippen LogP contribution is -2.36. The number of benzene rings is 1. The van der Waals surface area contributed by atoms with Crippen molar-refractivity contribution in [2.45, 2.75) is 38.0 Å². The Hall–Kier alpha value is -0.390. The first kappa shape index (κ1) is 18.7. The zero-order chi connectivity index (χ0) is 15.9. The number of hydrogen-bond donors (Lipinski definition) is 1. The topological polar surface area (TPSA) is 30.5 Å². The first-order valence-corrected chi connectivity index (χ1v) is 9.23. The van der Waals surface area contributed by atoms with Crippen LogP contribution in [0.4, 0.5) is 0 Å². The Morgan fingerprint density at radius 3 is 2.19 bits per heavy atom. The van der Waals surface area contributed by atoms with Crippen molar-refractivity contribution in [2.24, 2.45) is 0 Å². The van der Waals surface area contributed by atoms with Crippen LogP contribution < -0.4 is 14.8 Å². The highest BCUT2D eigenvalue weighted by atomic mass is 79.9. The van der Waals surface area contributed by atoms with Crippen LogP contribution in [0.15, 0.2) is 16.6 Å². The summed E-state index contributed by atoms with van der Waals surface area (Å²) in [5, 5.41) is 3.58. The summed E-state index contributed by atoms with van der Waals surface area (Å²) >= 11 is 5.55. The Kier molecular flexibility index (Phi) is 7.92. The Morgan fingerprint density at radius 2 is 1.71 bits per heavy atom. The smallest absolute Gasteiger partial charge is 0.161 e. The van der Waals surface area contributed by atoms with E-state index in [2.05, 4.69) is 41.3 Å². The van der Waals surface area contributed by atoms with E-state index >= 15 is 0 Å². The molecule has 0 aliphatic carbocycles. The fraction of sp³-hybridized carbons (Fsp3) is 0.625. The predicted molar refractivity (Wildman–Crippen MR) is 95.8 cm³/mol. The molecule has 21 heavy (non-hydrogen) atoms. The van der Waals surface area contributed by atoms with E-state index in [1.54, 1.807) is 14.2 Å². The molecule has 0 amide bonds. The van der Waals surface area contributed by atoms with Crippen LogP contribution in [0.1, 0.15) is 32.3 Å². The van der Waals surface area contributed by atoms with E-state index < -0.39 is 0 Å². The third-order valence-electron chi connectivity index (χ3n) is 4.04. The lowest BCUT2D eigenvalue weighted by atomic mass is 10.0. The zero-order valence-corrected chi connectivity index (χ0v) is 16.0. The third kappa shape index (κ3) is 4.80. The first-order chi connectivity index (χ1) is 10.1. The highest BCUT2D eigenvalue weighted by Crippen LogP contribution is 2.34. The SMILES string of the molecule is CCC(CC)(CNCc1cc(OC)c(OC)cc1Br)SC. The van der Waals surface area contributed by atoms with E-state index in [4.69, 9.17) is 9.47 Å². The average Bonchev–Trinajstić information content (AvgIpc) is 2.53. The second-order valence-corrected chi connectivity index (χ2v) is 7.13. The molecular formula is C16H26BrNO2S. The predicted octanol–water partition coefficient (Wildman–Crippen LogP) is 4.48. The fourth-order valence-electron chi connectivity index (χ4n) is 2.32. The molecule has 1 N–H and O–H groups in total. The van der Waals surface area contributed by atoms with E-state index in [9.17, 15) is 0 Å². The summed E-state index contributed by atoms with van der Waals surface area (Å²) in [7, 11) is 3.31. The summed E-state index contributed by atoms with van der Waals surface area (Å²) < 4.78 is 12.0. The maximum absolute atomic E-state index is 5.36. The van der Waals surface area contributed by atoms with Gasteiger partial charge < -0.3 is 14.8 Å². The van der Waals surface area contributed by atoms with Gasteiger partial charge in [-0.1, -0.05) is 29.8 Å². The molecule has 120 valence electrons. The summed E-state index contributed by atoms with van der Waals surface area (Å²) in [6.45, 7) is 6.33. The van der Waals surface area contributed by atoms with Crippen molar-refractivity contribution in [3.05, 3.63) is 22.2 Å². The molecule has 0 unspecified atom stereocenters. The van der Waals surface area contributed by atoms with Gasteiger partial charge in [0.25, 0.3) is 0 Å². The van der Waals surface area contributed by atoms with Gasteiger partial charge in [-0.2, -0.15) is 11.8 Å². The van der Waals surface area contributed by atoms with Gasteiger partial charge in [0.15, 0.2) is 11.5 Å². The molecule has 0 atom stereocenters. The highest BCUT2D eigenvalue weighted by Gasteiger charge is 2.24. The van der Waals surface area contributed by atoms with Gasteiger partial charge in [0.1, 0.15) is 0 Å². The summed E-state index contributed by atoms with van der Waals surface area (Å²) in [6, 6.07) is 3.98. The Labute approximate surface area is 141 Å². The highest BCUT2D eigenvalue weighted by molar-refractivity contribution is 9.10. The average molecular weight is 376 g/mol. The number of methoxy groups -OCH3 is 2. The van der Waals surface area contributed by atoms with Crippen LogP contribution in [0.5, 0.6) is 11.5 Å². The largest absolute Gasteiger partial charge is 0.493 e.